The summed E-state index contributed by atoms with van der Waals surface area (Å²) in [7, 11) is 0. The third kappa shape index (κ3) is 4.65. The predicted molar refractivity (Wildman–Crippen MR) is 65.0 cm³/mol. The van der Waals surface area contributed by atoms with Gasteiger partial charge in [-0.25, -0.2) is 4.79 Å². The van der Waals surface area contributed by atoms with Gasteiger partial charge in [0.1, 0.15) is 0 Å². The number of carbonyl (C=O) groups excluding carboxylic acids is 1. The van der Waals surface area contributed by atoms with Crippen LogP contribution in [0.4, 0.5) is 4.79 Å². The number of nitrogens with one attached hydrogen (secondary N) is 2. The van der Waals surface area contributed by atoms with E-state index in [1.807, 2.05) is 0 Å². The summed E-state index contributed by atoms with van der Waals surface area (Å²) in [6, 6.07) is -0.394. The Morgan fingerprint density at radius 2 is 1.94 bits per heavy atom. The van der Waals surface area contributed by atoms with E-state index in [0.29, 0.717) is 17.9 Å². The van der Waals surface area contributed by atoms with Crippen molar-refractivity contribution in [3.63, 3.8) is 0 Å². The van der Waals surface area contributed by atoms with Crippen LogP contribution in [0, 0.1) is 0 Å². The fraction of sp³-hybridized carbons (Fsp3) is 0.636. The average molecular weight is 261 g/mol. The fourth-order valence-corrected chi connectivity index (χ4v) is 2.22. The zero-order valence-electron chi connectivity index (χ0n) is 9.59. The van der Waals surface area contributed by atoms with E-state index in [0.717, 1.165) is 12.8 Å². The summed E-state index contributed by atoms with van der Waals surface area (Å²) in [5.74, 6) is -0.894. The highest BCUT2D eigenvalue weighted by molar-refractivity contribution is 6.29. The number of rotatable bonds is 5. The molecule has 0 unspecified atom stereocenters. The summed E-state index contributed by atoms with van der Waals surface area (Å²) < 4.78 is 0. The van der Waals surface area contributed by atoms with Crippen LogP contribution >= 0.6 is 11.6 Å². The zero-order valence-corrected chi connectivity index (χ0v) is 10.3. The highest BCUT2D eigenvalue weighted by atomic mass is 35.5. The SMILES string of the molecule is C=C(Cl)CNC(=O)NC1(CC(=O)O)CCCC1. The van der Waals surface area contributed by atoms with E-state index >= 15 is 0 Å². The quantitative estimate of drug-likeness (QED) is 0.706. The molecule has 0 aromatic carbocycles. The van der Waals surface area contributed by atoms with Crippen LogP contribution < -0.4 is 10.6 Å². The first-order valence-electron chi connectivity index (χ1n) is 5.55. The minimum absolute atomic E-state index is 0.0394. The van der Waals surface area contributed by atoms with Crippen molar-refractivity contribution in [1.29, 1.82) is 0 Å². The number of amides is 2. The van der Waals surface area contributed by atoms with Crippen molar-refractivity contribution in [3.05, 3.63) is 11.6 Å². The molecule has 17 heavy (non-hydrogen) atoms. The standard InChI is InChI=1S/C11H17ClN2O3/c1-8(12)7-13-10(17)14-11(6-9(15)16)4-2-3-5-11/h1-7H2,(H,15,16)(H2,13,14,17). The van der Waals surface area contributed by atoms with Crippen molar-refractivity contribution in [3.8, 4) is 0 Å². The van der Waals surface area contributed by atoms with E-state index in [9.17, 15) is 9.59 Å². The molecule has 1 aliphatic rings. The second kappa shape index (κ2) is 5.91. The maximum atomic E-state index is 11.6. The summed E-state index contributed by atoms with van der Waals surface area (Å²) in [5.41, 5.74) is -0.608. The van der Waals surface area contributed by atoms with E-state index in [1.165, 1.54) is 0 Å². The van der Waals surface area contributed by atoms with Crippen molar-refractivity contribution in [2.45, 2.75) is 37.6 Å². The normalized spacial score (nSPS) is 17.5. The number of halogens is 1. The van der Waals surface area contributed by atoms with Crippen molar-refractivity contribution in [2.24, 2.45) is 0 Å². The molecule has 5 nitrogen and oxygen atoms in total. The van der Waals surface area contributed by atoms with Gasteiger partial charge in [-0.1, -0.05) is 31.0 Å². The summed E-state index contributed by atoms with van der Waals surface area (Å²) in [5, 5.41) is 14.5. The number of aliphatic carboxylic acids is 1. The summed E-state index contributed by atoms with van der Waals surface area (Å²) >= 11 is 5.53. The molecule has 6 heteroatoms. The predicted octanol–water partition coefficient (Wildman–Crippen LogP) is 1.83. The van der Waals surface area contributed by atoms with Crippen LogP contribution in [0.1, 0.15) is 32.1 Å². The molecule has 0 aliphatic heterocycles. The van der Waals surface area contributed by atoms with Gasteiger partial charge in [0, 0.05) is 5.03 Å². The molecule has 0 atom stereocenters. The van der Waals surface area contributed by atoms with Crippen molar-refractivity contribution in [1.82, 2.24) is 10.6 Å². The molecule has 1 aliphatic carbocycles. The van der Waals surface area contributed by atoms with Crippen LogP contribution in [-0.4, -0.2) is 29.2 Å². The molecule has 0 spiro atoms. The van der Waals surface area contributed by atoms with Crippen molar-refractivity contribution < 1.29 is 14.7 Å². The molecule has 96 valence electrons. The first-order valence-corrected chi connectivity index (χ1v) is 5.92. The third-order valence-corrected chi connectivity index (χ3v) is 3.00. The number of carbonyl (C=O) groups is 2. The first-order chi connectivity index (χ1) is 7.93. The van der Waals surface area contributed by atoms with Crippen molar-refractivity contribution >= 4 is 23.6 Å². The van der Waals surface area contributed by atoms with Gasteiger partial charge >= 0.3 is 12.0 Å². The maximum absolute atomic E-state index is 11.6. The van der Waals surface area contributed by atoms with Gasteiger partial charge in [-0.3, -0.25) is 4.79 Å². The fourth-order valence-electron chi connectivity index (χ4n) is 2.15. The van der Waals surface area contributed by atoms with Gasteiger partial charge in [-0.05, 0) is 12.8 Å². The Morgan fingerprint density at radius 1 is 1.35 bits per heavy atom. The second-order valence-corrected chi connectivity index (χ2v) is 4.92. The Labute approximate surface area is 105 Å². The highest BCUT2D eigenvalue weighted by Crippen LogP contribution is 2.32. The molecule has 0 aromatic rings. The first kappa shape index (κ1) is 13.8. The van der Waals surface area contributed by atoms with Crippen molar-refractivity contribution in [2.75, 3.05) is 6.54 Å². The number of hydrogen-bond acceptors (Lipinski definition) is 2. The van der Waals surface area contributed by atoms with Crippen LogP contribution in [0.5, 0.6) is 0 Å². The highest BCUT2D eigenvalue weighted by Gasteiger charge is 2.37. The van der Waals surface area contributed by atoms with E-state index in [2.05, 4.69) is 17.2 Å². The van der Waals surface area contributed by atoms with Crippen LogP contribution in [-0.2, 0) is 4.79 Å². The van der Waals surface area contributed by atoms with E-state index in [4.69, 9.17) is 16.7 Å². The number of carboxylic acids is 1. The van der Waals surface area contributed by atoms with Gasteiger partial charge < -0.3 is 15.7 Å². The Bertz CT molecular complexity index is 325. The maximum Gasteiger partial charge on any atom is 0.315 e. The summed E-state index contributed by atoms with van der Waals surface area (Å²) in [6.45, 7) is 3.63. The second-order valence-electron chi connectivity index (χ2n) is 4.38. The molecule has 0 aromatic heterocycles. The molecule has 2 amide bonds. The van der Waals surface area contributed by atoms with Crippen LogP contribution in [0.2, 0.25) is 0 Å². The Kier molecular flexibility index (Phi) is 4.81. The molecule has 1 fully saturated rings. The smallest absolute Gasteiger partial charge is 0.315 e. The monoisotopic (exact) mass is 260 g/mol. The lowest BCUT2D eigenvalue weighted by molar-refractivity contribution is -0.138. The molecule has 3 N–H and O–H groups in total. The number of urea groups is 1. The largest absolute Gasteiger partial charge is 0.481 e. The average Bonchev–Trinajstić information content (AvgIpc) is 2.62. The molecule has 1 saturated carbocycles. The Morgan fingerprint density at radius 3 is 2.41 bits per heavy atom. The summed E-state index contributed by atoms with van der Waals surface area (Å²) in [6.07, 6.45) is 3.25. The lowest BCUT2D eigenvalue weighted by Gasteiger charge is -2.28. The van der Waals surface area contributed by atoms with E-state index < -0.39 is 17.5 Å². The topological polar surface area (TPSA) is 78.4 Å². The Balaban J connectivity index is 2.51. The minimum Gasteiger partial charge on any atom is -0.481 e. The van der Waals surface area contributed by atoms with Gasteiger partial charge in [-0.2, -0.15) is 0 Å². The lowest BCUT2D eigenvalue weighted by Crippen LogP contribution is -2.51. The molecule has 0 bridgehead atoms. The summed E-state index contributed by atoms with van der Waals surface area (Å²) in [4.78, 5) is 22.4. The molecule has 0 radical (unpaired) electrons. The van der Waals surface area contributed by atoms with E-state index in [1.54, 1.807) is 0 Å². The lowest BCUT2D eigenvalue weighted by atomic mass is 9.93. The van der Waals surface area contributed by atoms with E-state index in [-0.39, 0.29) is 13.0 Å². The van der Waals surface area contributed by atoms with Crippen LogP contribution in [0.25, 0.3) is 0 Å². The molecule has 0 saturated heterocycles. The molecular formula is C11H17ClN2O3. The molecule has 1 rings (SSSR count). The zero-order chi connectivity index (χ0) is 12.9. The Hall–Kier alpha value is -1.23. The number of hydrogen-bond donors (Lipinski definition) is 3. The van der Waals surface area contributed by atoms with Gasteiger partial charge in [0.2, 0.25) is 0 Å². The van der Waals surface area contributed by atoms with Gasteiger partial charge in [0.05, 0.1) is 18.5 Å². The molecular weight excluding hydrogens is 244 g/mol. The number of carboxylic acid groups (broad SMARTS) is 1. The van der Waals surface area contributed by atoms with Gasteiger partial charge in [0.15, 0.2) is 0 Å². The minimum atomic E-state index is -0.894. The third-order valence-electron chi connectivity index (χ3n) is 2.87. The van der Waals surface area contributed by atoms with Gasteiger partial charge in [-0.15, -0.1) is 0 Å². The van der Waals surface area contributed by atoms with Gasteiger partial charge in [0.25, 0.3) is 0 Å². The van der Waals surface area contributed by atoms with Crippen LogP contribution in [0.3, 0.4) is 0 Å². The van der Waals surface area contributed by atoms with Crippen LogP contribution in [0.15, 0.2) is 11.6 Å². The molecule has 0 heterocycles.